The van der Waals surface area contributed by atoms with Crippen LogP contribution in [0.1, 0.15) is 6.92 Å². The molecule has 2 unspecified atom stereocenters. The van der Waals surface area contributed by atoms with E-state index in [2.05, 4.69) is 10.3 Å². The lowest BCUT2D eigenvalue weighted by atomic mass is 9.86. The van der Waals surface area contributed by atoms with Crippen LogP contribution in [0.5, 0.6) is 0 Å². The molecule has 2 amide bonds. The van der Waals surface area contributed by atoms with E-state index in [1.54, 1.807) is 0 Å². The van der Waals surface area contributed by atoms with Crippen molar-refractivity contribution in [1.82, 2.24) is 5.32 Å². The maximum absolute atomic E-state index is 11.0. The van der Waals surface area contributed by atoms with Gasteiger partial charge in [0.1, 0.15) is 5.84 Å². The highest BCUT2D eigenvalue weighted by molar-refractivity contribution is 5.99. The number of nitrogens with one attached hydrogen (secondary N) is 1. The zero-order valence-electron chi connectivity index (χ0n) is 7.32. The molecule has 3 N–H and O–H groups in total. The zero-order valence-corrected chi connectivity index (χ0v) is 7.32. The fourth-order valence-electron chi connectivity index (χ4n) is 1.74. The smallest absolute Gasteiger partial charge is 0.343 e. The molecule has 2 rings (SSSR count). The van der Waals surface area contributed by atoms with Crippen LogP contribution in [0, 0.1) is 5.92 Å². The number of carbonyl (C=O) groups is 1. The van der Waals surface area contributed by atoms with Gasteiger partial charge in [-0.2, -0.15) is 4.99 Å². The van der Waals surface area contributed by atoms with Crippen LogP contribution >= 0.6 is 0 Å². The number of rotatable bonds is 0. The number of hydrogen-bond acceptors (Lipinski definition) is 2. The third-order valence-electron chi connectivity index (χ3n) is 2.37. The van der Waals surface area contributed by atoms with Crippen molar-refractivity contribution >= 4 is 11.9 Å². The fraction of sp³-hybridized carbons (Fsp3) is 0.333. The average molecular weight is 177 g/mol. The van der Waals surface area contributed by atoms with Crippen LogP contribution < -0.4 is 11.1 Å². The van der Waals surface area contributed by atoms with E-state index >= 15 is 0 Å². The number of carbonyl (C=O) groups excluding carboxylic acids is 1. The summed E-state index contributed by atoms with van der Waals surface area (Å²) in [6.07, 6.45) is 5.84. The Labute approximate surface area is 76.2 Å². The van der Waals surface area contributed by atoms with Gasteiger partial charge in [0, 0.05) is 0 Å². The van der Waals surface area contributed by atoms with Crippen molar-refractivity contribution in [2.45, 2.75) is 13.0 Å². The molecule has 0 radical (unpaired) electrons. The minimum absolute atomic E-state index is 0.0185. The number of allylic oxidation sites excluding steroid dienone is 2. The minimum atomic E-state index is -0.349. The molecule has 13 heavy (non-hydrogen) atoms. The van der Waals surface area contributed by atoms with E-state index in [1.807, 2.05) is 25.2 Å². The van der Waals surface area contributed by atoms with Crippen LogP contribution in [-0.4, -0.2) is 17.9 Å². The number of amides is 2. The molecule has 1 aliphatic carbocycles. The van der Waals surface area contributed by atoms with Crippen molar-refractivity contribution in [2.75, 3.05) is 0 Å². The molecule has 0 fully saturated rings. The summed E-state index contributed by atoms with van der Waals surface area (Å²) in [6.45, 7) is 1.99. The Kier molecular flexibility index (Phi) is 1.69. The minimum Gasteiger partial charge on any atom is -0.386 e. The number of nitrogens with two attached hydrogens (primary N) is 1. The second kappa shape index (κ2) is 2.73. The molecule has 0 aromatic carbocycles. The largest absolute Gasteiger partial charge is 0.386 e. The van der Waals surface area contributed by atoms with Crippen LogP contribution in [0.15, 0.2) is 28.8 Å². The zero-order chi connectivity index (χ0) is 9.42. The van der Waals surface area contributed by atoms with Gasteiger partial charge in [0.05, 0.1) is 12.0 Å². The van der Waals surface area contributed by atoms with Gasteiger partial charge in [0.15, 0.2) is 0 Å². The average Bonchev–Trinajstić information content (AvgIpc) is 2.02. The summed E-state index contributed by atoms with van der Waals surface area (Å²) < 4.78 is 0. The molecule has 0 aromatic heterocycles. The number of hydrogen-bond donors (Lipinski definition) is 2. The fourth-order valence-corrected chi connectivity index (χ4v) is 1.74. The summed E-state index contributed by atoms with van der Waals surface area (Å²) in [4.78, 5) is 14.7. The van der Waals surface area contributed by atoms with E-state index in [0.29, 0.717) is 5.84 Å². The van der Waals surface area contributed by atoms with Crippen LogP contribution in [0.25, 0.3) is 0 Å². The van der Waals surface area contributed by atoms with Crippen molar-refractivity contribution in [3.05, 3.63) is 23.8 Å². The Morgan fingerprint density at radius 1 is 1.62 bits per heavy atom. The molecule has 4 heteroatoms. The summed E-state index contributed by atoms with van der Waals surface area (Å²) >= 11 is 0. The number of nitrogens with zero attached hydrogens (tertiary/aromatic N) is 1. The first-order valence-corrected chi connectivity index (χ1v) is 4.18. The lowest BCUT2D eigenvalue weighted by Crippen LogP contribution is -2.49. The van der Waals surface area contributed by atoms with Gasteiger partial charge in [-0.15, -0.1) is 0 Å². The molecule has 0 saturated carbocycles. The van der Waals surface area contributed by atoms with Crippen molar-refractivity contribution < 1.29 is 4.79 Å². The highest BCUT2D eigenvalue weighted by Crippen LogP contribution is 2.23. The van der Waals surface area contributed by atoms with Gasteiger partial charge >= 0.3 is 6.03 Å². The van der Waals surface area contributed by atoms with Crippen molar-refractivity contribution in [3.63, 3.8) is 0 Å². The summed E-state index contributed by atoms with van der Waals surface area (Å²) in [7, 11) is 0. The second-order valence-electron chi connectivity index (χ2n) is 3.29. The number of urea groups is 1. The number of amidine groups is 1. The Morgan fingerprint density at radius 2 is 2.38 bits per heavy atom. The first-order valence-electron chi connectivity index (χ1n) is 4.18. The maximum atomic E-state index is 11.0. The van der Waals surface area contributed by atoms with E-state index in [-0.39, 0.29) is 18.0 Å². The summed E-state index contributed by atoms with van der Waals surface area (Å²) in [6, 6.07) is -0.367. The monoisotopic (exact) mass is 177 g/mol. The molecule has 1 heterocycles. The van der Waals surface area contributed by atoms with Crippen molar-refractivity contribution in [1.29, 1.82) is 0 Å². The van der Waals surface area contributed by atoms with Gasteiger partial charge in [-0.25, -0.2) is 4.79 Å². The number of aliphatic imine (C=N–C) groups is 1. The predicted octanol–water partition coefficient (Wildman–Crippen LogP) is 0.568. The molecule has 2 aliphatic rings. The van der Waals surface area contributed by atoms with Crippen molar-refractivity contribution in [2.24, 2.45) is 16.6 Å². The topological polar surface area (TPSA) is 67.5 Å². The van der Waals surface area contributed by atoms with E-state index < -0.39 is 0 Å². The Bertz CT molecular complexity index is 341. The van der Waals surface area contributed by atoms with E-state index in [1.165, 1.54) is 0 Å². The molecular formula is C9H11N3O. The molecular weight excluding hydrogens is 166 g/mol. The van der Waals surface area contributed by atoms with Crippen LogP contribution in [-0.2, 0) is 0 Å². The van der Waals surface area contributed by atoms with E-state index in [4.69, 9.17) is 5.73 Å². The third kappa shape index (κ3) is 1.24. The second-order valence-corrected chi connectivity index (χ2v) is 3.29. The molecule has 4 nitrogen and oxygen atoms in total. The standard InChI is InChI=1S/C9H11N3O/c1-5-3-2-4-6-7(5)8(10)12-9(13)11-6/h2-4,6-7H,1H3,(H3,10,11,12,13). The molecule has 2 atom stereocenters. The summed E-state index contributed by atoms with van der Waals surface area (Å²) in [5.74, 6) is 0.453. The molecule has 0 aromatic rings. The van der Waals surface area contributed by atoms with Gasteiger partial charge in [-0.3, -0.25) is 0 Å². The molecule has 0 spiro atoms. The van der Waals surface area contributed by atoms with Gasteiger partial charge in [-0.05, 0) is 6.92 Å². The Morgan fingerprint density at radius 3 is 3.15 bits per heavy atom. The maximum Gasteiger partial charge on any atom is 0.343 e. The highest BCUT2D eigenvalue weighted by atomic mass is 16.2. The van der Waals surface area contributed by atoms with Gasteiger partial charge in [-0.1, -0.05) is 23.8 Å². The normalized spacial score (nSPS) is 31.6. The highest BCUT2D eigenvalue weighted by Gasteiger charge is 2.31. The number of fused-ring (bicyclic) bond motifs is 1. The molecule has 68 valence electrons. The van der Waals surface area contributed by atoms with Gasteiger partial charge in [0.2, 0.25) is 0 Å². The van der Waals surface area contributed by atoms with Gasteiger partial charge in [0.25, 0.3) is 0 Å². The quantitative estimate of drug-likeness (QED) is 0.568. The SMILES string of the molecule is CC1=CC=CC2NC(=O)N=C(N)C12. The Hall–Kier alpha value is -1.58. The first-order chi connectivity index (χ1) is 6.18. The molecule has 1 aliphatic heterocycles. The van der Waals surface area contributed by atoms with Crippen LogP contribution in [0.2, 0.25) is 0 Å². The van der Waals surface area contributed by atoms with Crippen LogP contribution in [0.3, 0.4) is 0 Å². The predicted molar refractivity (Wildman–Crippen MR) is 50.3 cm³/mol. The van der Waals surface area contributed by atoms with Crippen molar-refractivity contribution in [3.8, 4) is 0 Å². The Balaban J connectivity index is 2.39. The lowest BCUT2D eigenvalue weighted by Gasteiger charge is -2.30. The van der Waals surface area contributed by atoms with E-state index in [0.717, 1.165) is 5.57 Å². The van der Waals surface area contributed by atoms with Gasteiger partial charge < -0.3 is 11.1 Å². The van der Waals surface area contributed by atoms with E-state index in [9.17, 15) is 4.79 Å². The lowest BCUT2D eigenvalue weighted by molar-refractivity contribution is 0.244. The molecule has 0 saturated heterocycles. The van der Waals surface area contributed by atoms with Crippen LogP contribution in [0.4, 0.5) is 4.79 Å². The first kappa shape index (κ1) is 8.04. The summed E-state index contributed by atoms with van der Waals surface area (Å²) in [5.41, 5.74) is 6.82. The summed E-state index contributed by atoms with van der Waals surface area (Å²) in [5, 5.41) is 2.75. The third-order valence-corrected chi connectivity index (χ3v) is 2.37. The molecule has 0 bridgehead atoms.